The Morgan fingerprint density at radius 2 is 1.75 bits per heavy atom. The Hall–Kier alpha value is -2.59. The normalized spacial score (nSPS) is 20.1. The van der Waals surface area contributed by atoms with Gasteiger partial charge < -0.3 is 10.2 Å². The third-order valence-electron chi connectivity index (χ3n) is 5.80. The van der Waals surface area contributed by atoms with Gasteiger partial charge in [0.25, 0.3) is 0 Å². The summed E-state index contributed by atoms with van der Waals surface area (Å²) in [4.78, 5) is 17.0. The molecule has 1 fully saturated rings. The summed E-state index contributed by atoms with van der Waals surface area (Å²) in [5.74, 6) is 0.685. The van der Waals surface area contributed by atoms with E-state index in [9.17, 15) is 4.79 Å². The number of nitrogens with one attached hydrogen (secondary N) is 1. The van der Waals surface area contributed by atoms with Crippen molar-refractivity contribution < 1.29 is 4.79 Å². The lowest BCUT2D eigenvalue weighted by atomic mass is 10.00. The molecular weight excluding hydrogens is 346 g/mol. The average Bonchev–Trinajstić information content (AvgIpc) is 3.23. The fraction of sp³-hybridized carbons (Fsp3) is 0.375. The van der Waals surface area contributed by atoms with Crippen molar-refractivity contribution in [1.29, 1.82) is 0 Å². The molecule has 0 radical (unpaired) electrons. The van der Waals surface area contributed by atoms with E-state index in [2.05, 4.69) is 75.8 Å². The number of amides is 1. The molecule has 0 saturated carbocycles. The van der Waals surface area contributed by atoms with Crippen molar-refractivity contribution in [3.05, 3.63) is 72.3 Å². The Labute approximate surface area is 167 Å². The van der Waals surface area contributed by atoms with Crippen LogP contribution < -0.4 is 10.2 Å². The maximum atomic E-state index is 12.4. The van der Waals surface area contributed by atoms with Gasteiger partial charge in [0.1, 0.15) is 0 Å². The highest BCUT2D eigenvalue weighted by Crippen LogP contribution is 2.23. The molecule has 0 aliphatic carbocycles. The number of benzene rings is 2. The van der Waals surface area contributed by atoms with Crippen LogP contribution in [-0.2, 0) is 4.79 Å². The predicted molar refractivity (Wildman–Crippen MR) is 115 cm³/mol. The van der Waals surface area contributed by atoms with Crippen LogP contribution in [0.25, 0.3) is 5.57 Å². The second-order valence-corrected chi connectivity index (χ2v) is 7.82. The summed E-state index contributed by atoms with van der Waals surface area (Å²) < 4.78 is 0. The third kappa shape index (κ3) is 4.82. The molecule has 2 aromatic carbocycles. The van der Waals surface area contributed by atoms with Crippen molar-refractivity contribution in [2.24, 2.45) is 5.92 Å². The molecule has 0 aromatic heterocycles. The molecule has 0 bridgehead atoms. The summed E-state index contributed by atoms with van der Waals surface area (Å²) in [5, 5.41) is 3.16. The lowest BCUT2D eigenvalue weighted by molar-refractivity contribution is -0.122. The maximum Gasteiger partial charge on any atom is 0.234 e. The molecule has 4 rings (SSSR count). The van der Waals surface area contributed by atoms with Crippen LogP contribution in [0, 0.1) is 5.92 Å². The maximum absolute atomic E-state index is 12.4. The summed E-state index contributed by atoms with van der Waals surface area (Å²) in [5.41, 5.74) is 3.98. The molecule has 1 N–H and O–H groups in total. The van der Waals surface area contributed by atoms with Crippen molar-refractivity contribution in [3.63, 3.8) is 0 Å². The fourth-order valence-electron chi connectivity index (χ4n) is 4.16. The van der Waals surface area contributed by atoms with E-state index >= 15 is 0 Å². The first-order chi connectivity index (χ1) is 13.8. The van der Waals surface area contributed by atoms with E-state index in [-0.39, 0.29) is 5.91 Å². The van der Waals surface area contributed by atoms with Crippen molar-refractivity contribution >= 4 is 17.2 Å². The van der Waals surface area contributed by atoms with E-state index in [1.165, 1.54) is 16.8 Å². The SMILES string of the molecule is O=C(CN1CC=C(c2ccccc2)CC1)NC[C@H]1CCN(c2ccccc2)C1. The second-order valence-electron chi connectivity index (χ2n) is 7.82. The molecule has 28 heavy (non-hydrogen) atoms. The van der Waals surface area contributed by atoms with Crippen LogP contribution in [0.5, 0.6) is 0 Å². The summed E-state index contributed by atoms with van der Waals surface area (Å²) in [6.07, 6.45) is 4.41. The van der Waals surface area contributed by atoms with Gasteiger partial charge in [-0.3, -0.25) is 9.69 Å². The molecule has 1 atom stereocenters. The first-order valence-corrected chi connectivity index (χ1v) is 10.3. The molecule has 0 unspecified atom stereocenters. The van der Waals surface area contributed by atoms with Gasteiger partial charge in [0.2, 0.25) is 5.91 Å². The Morgan fingerprint density at radius 3 is 2.46 bits per heavy atom. The second kappa shape index (κ2) is 9.07. The number of para-hydroxylation sites is 1. The first-order valence-electron chi connectivity index (χ1n) is 10.3. The van der Waals surface area contributed by atoms with E-state index in [1.54, 1.807) is 0 Å². The smallest absolute Gasteiger partial charge is 0.234 e. The van der Waals surface area contributed by atoms with Crippen LogP contribution in [0.2, 0.25) is 0 Å². The molecule has 2 heterocycles. The van der Waals surface area contributed by atoms with E-state index in [1.807, 2.05) is 6.07 Å². The van der Waals surface area contributed by atoms with Gasteiger partial charge in [-0.1, -0.05) is 54.6 Å². The Kier molecular flexibility index (Phi) is 6.07. The van der Waals surface area contributed by atoms with E-state index in [4.69, 9.17) is 0 Å². The zero-order valence-electron chi connectivity index (χ0n) is 16.4. The summed E-state index contributed by atoms with van der Waals surface area (Å²) in [7, 11) is 0. The van der Waals surface area contributed by atoms with Gasteiger partial charge in [0.15, 0.2) is 0 Å². The van der Waals surface area contributed by atoms with Crippen molar-refractivity contribution in [3.8, 4) is 0 Å². The standard InChI is InChI=1S/C24H29N3O/c28-24(19-26-14-12-22(13-15-26)21-7-3-1-4-8-21)25-17-20-11-16-27(18-20)23-9-5-2-6-10-23/h1-10,12,20H,11,13-19H2,(H,25,28)/t20-/m1/s1. The van der Waals surface area contributed by atoms with Gasteiger partial charge in [-0.05, 0) is 42.0 Å². The number of rotatable bonds is 6. The van der Waals surface area contributed by atoms with Gasteiger partial charge in [0.05, 0.1) is 6.54 Å². The van der Waals surface area contributed by atoms with Crippen molar-refractivity contribution in [1.82, 2.24) is 10.2 Å². The number of hydrogen-bond donors (Lipinski definition) is 1. The highest BCUT2D eigenvalue weighted by molar-refractivity contribution is 5.78. The van der Waals surface area contributed by atoms with Crippen LogP contribution in [0.1, 0.15) is 18.4 Å². The van der Waals surface area contributed by atoms with Gasteiger partial charge in [0, 0.05) is 38.4 Å². The van der Waals surface area contributed by atoms with Crippen LogP contribution >= 0.6 is 0 Å². The molecule has 146 valence electrons. The monoisotopic (exact) mass is 375 g/mol. The predicted octanol–water partition coefficient (Wildman–Crippen LogP) is 3.42. The Balaban J connectivity index is 1.19. The van der Waals surface area contributed by atoms with E-state index < -0.39 is 0 Å². The van der Waals surface area contributed by atoms with E-state index in [0.29, 0.717) is 12.5 Å². The zero-order chi connectivity index (χ0) is 19.2. The van der Waals surface area contributed by atoms with E-state index in [0.717, 1.165) is 45.6 Å². The minimum Gasteiger partial charge on any atom is -0.371 e. The van der Waals surface area contributed by atoms with Crippen molar-refractivity contribution in [2.75, 3.05) is 44.2 Å². The van der Waals surface area contributed by atoms with Crippen LogP contribution in [0.15, 0.2) is 66.7 Å². The summed E-state index contributed by atoms with van der Waals surface area (Å²) in [6.45, 7) is 5.16. The largest absolute Gasteiger partial charge is 0.371 e. The number of carbonyl (C=O) groups is 1. The minimum absolute atomic E-state index is 0.148. The van der Waals surface area contributed by atoms with Crippen molar-refractivity contribution in [2.45, 2.75) is 12.8 Å². The Morgan fingerprint density at radius 1 is 1.00 bits per heavy atom. The molecule has 4 heteroatoms. The first kappa shape index (κ1) is 18.8. The highest BCUT2D eigenvalue weighted by Gasteiger charge is 2.23. The summed E-state index contributed by atoms with van der Waals surface area (Å²) in [6, 6.07) is 21.1. The molecule has 1 amide bonds. The molecular formula is C24H29N3O. The fourth-order valence-corrected chi connectivity index (χ4v) is 4.16. The van der Waals surface area contributed by atoms with Gasteiger partial charge >= 0.3 is 0 Å². The molecule has 2 aliphatic heterocycles. The minimum atomic E-state index is 0.148. The average molecular weight is 376 g/mol. The lowest BCUT2D eigenvalue weighted by Gasteiger charge is -2.26. The van der Waals surface area contributed by atoms with Gasteiger partial charge in [-0.2, -0.15) is 0 Å². The zero-order valence-corrected chi connectivity index (χ0v) is 16.4. The quantitative estimate of drug-likeness (QED) is 0.840. The number of anilines is 1. The molecule has 0 spiro atoms. The van der Waals surface area contributed by atoms with Crippen LogP contribution in [-0.4, -0.2) is 50.1 Å². The molecule has 2 aromatic rings. The number of nitrogens with zero attached hydrogens (tertiary/aromatic N) is 2. The Bertz CT molecular complexity index is 803. The van der Waals surface area contributed by atoms with Gasteiger partial charge in [-0.25, -0.2) is 0 Å². The molecule has 2 aliphatic rings. The topological polar surface area (TPSA) is 35.6 Å². The summed E-state index contributed by atoms with van der Waals surface area (Å²) >= 11 is 0. The van der Waals surface area contributed by atoms with Gasteiger partial charge in [-0.15, -0.1) is 0 Å². The molecule has 4 nitrogen and oxygen atoms in total. The highest BCUT2D eigenvalue weighted by atomic mass is 16.2. The van der Waals surface area contributed by atoms with Crippen LogP contribution in [0.3, 0.4) is 0 Å². The van der Waals surface area contributed by atoms with Crippen LogP contribution in [0.4, 0.5) is 5.69 Å². The molecule has 1 saturated heterocycles. The lowest BCUT2D eigenvalue weighted by Crippen LogP contribution is -2.41. The number of hydrogen-bond acceptors (Lipinski definition) is 3. The number of carbonyl (C=O) groups excluding carboxylic acids is 1. The third-order valence-corrected chi connectivity index (χ3v) is 5.80.